The maximum absolute atomic E-state index is 12.6. The van der Waals surface area contributed by atoms with E-state index in [2.05, 4.69) is 18.3 Å². The lowest BCUT2D eigenvalue weighted by Gasteiger charge is -2.16. The number of benzene rings is 2. The number of rotatable bonds is 6. The molecule has 0 aliphatic carbocycles. The third-order valence-electron chi connectivity index (χ3n) is 4.98. The zero-order valence-corrected chi connectivity index (χ0v) is 16.4. The zero-order valence-electron chi connectivity index (χ0n) is 16.4. The van der Waals surface area contributed by atoms with Crippen molar-refractivity contribution in [3.8, 4) is 11.5 Å². The first-order valence-corrected chi connectivity index (χ1v) is 8.92. The first-order valence-electron chi connectivity index (χ1n) is 8.92. The fourth-order valence-electron chi connectivity index (χ4n) is 3.20. The number of nitrogens with one attached hydrogen (secondary N) is 1. The number of methoxy groups -OCH3 is 2. The van der Waals surface area contributed by atoms with Gasteiger partial charge in [0.2, 0.25) is 5.91 Å². The Balaban J connectivity index is 1.73. The van der Waals surface area contributed by atoms with Gasteiger partial charge in [-0.15, -0.1) is 0 Å². The van der Waals surface area contributed by atoms with Crippen LogP contribution in [-0.2, 0) is 11.2 Å². The predicted molar refractivity (Wildman–Crippen MR) is 105 cm³/mol. The van der Waals surface area contributed by atoms with Gasteiger partial charge in [0.15, 0.2) is 11.5 Å². The van der Waals surface area contributed by atoms with Gasteiger partial charge in [0.25, 0.3) is 0 Å². The van der Waals surface area contributed by atoms with Crippen molar-refractivity contribution in [1.29, 1.82) is 0 Å². The van der Waals surface area contributed by atoms with Gasteiger partial charge < -0.3 is 19.2 Å². The van der Waals surface area contributed by atoms with Crippen LogP contribution in [0, 0.1) is 13.8 Å². The fourth-order valence-corrected chi connectivity index (χ4v) is 3.20. The van der Waals surface area contributed by atoms with Crippen LogP contribution in [0.15, 0.2) is 41.0 Å². The summed E-state index contributed by atoms with van der Waals surface area (Å²) >= 11 is 0. The third kappa shape index (κ3) is 3.77. The summed E-state index contributed by atoms with van der Waals surface area (Å²) in [5.74, 6) is 1.25. The summed E-state index contributed by atoms with van der Waals surface area (Å²) in [7, 11) is 3.19. The van der Waals surface area contributed by atoms with Gasteiger partial charge in [-0.3, -0.25) is 4.79 Å². The minimum atomic E-state index is -0.153. The van der Waals surface area contributed by atoms with Crippen LogP contribution in [0.25, 0.3) is 11.0 Å². The average molecular weight is 367 g/mol. The highest BCUT2D eigenvalue weighted by atomic mass is 16.5. The molecule has 0 aliphatic heterocycles. The van der Waals surface area contributed by atoms with Crippen molar-refractivity contribution >= 4 is 16.9 Å². The number of ether oxygens (including phenoxy) is 2. The van der Waals surface area contributed by atoms with E-state index in [0.717, 1.165) is 27.7 Å². The summed E-state index contributed by atoms with van der Waals surface area (Å²) in [5, 5.41) is 4.03. The van der Waals surface area contributed by atoms with Crippen molar-refractivity contribution in [2.75, 3.05) is 14.2 Å². The van der Waals surface area contributed by atoms with Crippen LogP contribution < -0.4 is 14.8 Å². The summed E-state index contributed by atoms with van der Waals surface area (Å²) in [6, 6.07) is 9.56. The van der Waals surface area contributed by atoms with E-state index in [9.17, 15) is 4.79 Å². The molecular formula is C22H25NO4. The number of aryl methyl sites for hydroxylation is 2. The molecule has 1 amide bonds. The van der Waals surface area contributed by atoms with Gasteiger partial charge in [-0.1, -0.05) is 18.2 Å². The molecular weight excluding hydrogens is 342 g/mol. The minimum absolute atomic E-state index is 0.0572. The second-order valence-corrected chi connectivity index (χ2v) is 6.73. The molecule has 0 fully saturated rings. The Labute approximate surface area is 159 Å². The van der Waals surface area contributed by atoms with Gasteiger partial charge in [-0.25, -0.2) is 0 Å². The van der Waals surface area contributed by atoms with E-state index in [1.54, 1.807) is 20.5 Å². The monoisotopic (exact) mass is 367 g/mol. The average Bonchev–Trinajstić information content (AvgIpc) is 3.07. The van der Waals surface area contributed by atoms with Crippen LogP contribution in [-0.4, -0.2) is 20.1 Å². The molecule has 142 valence electrons. The molecule has 2 aromatic carbocycles. The Kier molecular flexibility index (Phi) is 5.40. The first-order chi connectivity index (χ1) is 12.9. The van der Waals surface area contributed by atoms with Crippen molar-refractivity contribution in [2.24, 2.45) is 0 Å². The molecule has 0 aliphatic rings. The highest BCUT2D eigenvalue weighted by Gasteiger charge is 2.16. The van der Waals surface area contributed by atoms with Crippen LogP contribution in [0.5, 0.6) is 11.5 Å². The van der Waals surface area contributed by atoms with Gasteiger partial charge in [-0.05, 0) is 49.6 Å². The number of hydrogen-bond acceptors (Lipinski definition) is 4. The van der Waals surface area contributed by atoms with Crippen LogP contribution >= 0.6 is 0 Å². The van der Waals surface area contributed by atoms with Crippen LogP contribution in [0.1, 0.15) is 35.2 Å². The van der Waals surface area contributed by atoms with E-state index >= 15 is 0 Å². The molecule has 0 saturated heterocycles. The smallest absolute Gasteiger partial charge is 0.225 e. The quantitative estimate of drug-likeness (QED) is 0.697. The number of fused-ring (bicyclic) bond motifs is 1. The zero-order chi connectivity index (χ0) is 19.6. The molecule has 1 aromatic heterocycles. The number of carbonyl (C=O) groups is 1. The molecule has 5 heteroatoms. The van der Waals surface area contributed by atoms with Crippen molar-refractivity contribution in [3.05, 3.63) is 58.8 Å². The summed E-state index contributed by atoms with van der Waals surface area (Å²) in [4.78, 5) is 12.6. The van der Waals surface area contributed by atoms with E-state index in [-0.39, 0.29) is 18.4 Å². The SMILES string of the molecule is COc1ccc(C(C)NC(=O)Cc2coc3c(C)c(C)ccc23)cc1OC. The van der Waals surface area contributed by atoms with Crippen molar-refractivity contribution in [3.63, 3.8) is 0 Å². The Bertz CT molecular complexity index is 974. The largest absolute Gasteiger partial charge is 0.493 e. The fraction of sp³-hybridized carbons (Fsp3) is 0.318. The van der Waals surface area contributed by atoms with Crippen molar-refractivity contribution in [1.82, 2.24) is 5.32 Å². The number of amides is 1. The second-order valence-electron chi connectivity index (χ2n) is 6.73. The molecule has 0 saturated carbocycles. The lowest BCUT2D eigenvalue weighted by atomic mass is 10.0. The predicted octanol–water partition coefficient (Wildman–Crippen LogP) is 4.49. The normalized spacial score (nSPS) is 12.0. The Morgan fingerprint density at radius 3 is 2.56 bits per heavy atom. The summed E-state index contributed by atoms with van der Waals surface area (Å²) in [6.45, 7) is 6.03. The molecule has 3 aromatic rings. The van der Waals surface area contributed by atoms with E-state index in [4.69, 9.17) is 13.9 Å². The van der Waals surface area contributed by atoms with Gasteiger partial charge in [0, 0.05) is 10.9 Å². The third-order valence-corrected chi connectivity index (χ3v) is 4.98. The molecule has 1 atom stereocenters. The van der Waals surface area contributed by atoms with Crippen LogP contribution in [0.3, 0.4) is 0 Å². The molecule has 3 rings (SSSR count). The second kappa shape index (κ2) is 7.74. The molecule has 1 N–H and O–H groups in total. The maximum Gasteiger partial charge on any atom is 0.225 e. The first kappa shape index (κ1) is 18.8. The molecule has 0 radical (unpaired) electrons. The molecule has 1 unspecified atom stereocenters. The van der Waals surface area contributed by atoms with Gasteiger partial charge in [0.1, 0.15) is 5.58 Å². The van der Waals surface area contributed by atoms with Crippen LogP contribution in [0.4, 0.5) is 0 Å². The van der Waals surface area contributed by atoms with Gasteiger partial charge in [0.05, 0.1) is 32.9 Å². The Morgan fingerprint density at radius 2 is 1.85 bits per heavy atom. The molecule has 0 bridgehead atoms. The van der Waals surface area contributed by atoms with Gasteiger partial charge in [-0.2, -0.15) is 0 Å². The maximum atomic E-state index is 12.6. The Morgan fingerprint density at radius 1 is 1.11 bits per heavy atom. The standard InChI is InChI=1S/C22H25NO4/c1-13-6-8-18-17(12-27-22(18)14(13)2)11-21(24)23-15(3)16-7-9-19(25-4)20(10-16)26-5/h6-10,12,15H,11H2,1-5H3,(H,23,24). The highest BCUT2D eigenvalue weighted by Crippen LogP contribution is 2.30. The number of carbonyl (C=O) groups excluding carboxylic acids is 1. The molecule has 1 heterocycles. The van der Waals surface area contributed by atoms with E-state index in [1.807, 2.05) is 38.1 Å². The Hall–Kier alpha value is -2.95. The summed E-state index contributed by atoms with van der Waals surface area (Å²) in [6.07, 6.45) is 1.95. The summed E-state index contributed by atoms with van der Waals surface area (Å²) in [5.41, 5.74) is 4.98. The summed E-state index contributed by atoms with van der Waals surface area (Å²) < 4.78 is 16.3. The van der Waals surface area contributed by atoms with E-state index in [1.165, 1.54) is 5.56 Å². The molecule has 0 spiro atoms. The van der Waals surface area contributed by atoms with E-state index < -0.39 is 0 Å². The topological polar surface area (TPSA) is 60.7 Å². The lowest BCUT2D eigenvalue weighted by Crippen LogP contribution is -2.28. The number of furan rings is 1. The highest BCUT2D eigenvalue weighted by molar-refractivity contribution is 5.89. The minimum Gasteiger partial charge on any atom is -0.493 e. The van der Waals surface area contributed by atoms with Crippen LogP contribution in [0.2, 0.25) is 0 Å². The number of hydrogen-bond donors (Lipinski definition) is 1. The molecule has 5 nitrogen and oxygen atoms in total. The van der Waals surface area contributed by atoms with Gasteiger partial charge >= 0.3 is 0 Å². The lowest BCUT2D eigenvalue weighted by molar-refractivity contribution is -0.121. The molecule has 27 heavy (non-hydrogen) atoms. The van der Waals surface area contributed by atoms with Crippen molar-refractivity contribution < 1.29 is 18.7 Å². The van der Waals surface area contributed by atoms with Crippen molar-refractivity contribution in [2.45, 2.75) is 33.2 Å². The van der Waals surface area contributed by atoms with E-state index in [0.29, 0.717) is 11.5 Å².